The molecule has 9 nitrogen and oxygen atoms in total. The molecule has 9 heteroatoms. The van der Waals surface area contributed by atoms with Gasteiger partial charge >= 0.3 is 6.03 Å². The van der Waals surface area contributed by atoms with Gasteiger partial charge in [0.05, 0.1) is 6.61 Å². The number of rotatable bonds is 8. The topological polar surface area (TPSA) is 145 Å². The number of amides is 2. The summed E-state index contributed by atoms with van der Waals surface area (Å²) in [6, 6.07) is -0.721. The molecule has 2 aliphatic rings. The van der Waals surface area contributed by atoms with Crippen LogP contribution >= 0.6 is 0 Å². The van der Waals surface area contributed by atoms with Gasteiger partial charge in [-0.05, 0) is 12.5 Å². The second-order valence-corrected chi connectivity index (χ2v) is 6.48. The number of ketones is 1. The maximum Gasteiger partial charge on any atom is 0.325 e. The van der Waals surface area contributed by atoms with E-state index < -0.39 is 42.8 Å². The molecule has 0 radical (unpaired) electrons. The number of unbranched alkanes of at least 4 members (excludes halogenated alkanes) is 3. The highest BCUT2D eigenvalue weighted by atomic mass is 16.6. The lowest BCUT2D eigenvalue weighted by molar-refractivity contribution is -0.124. The summed E-state index contributed by atoms with van der Waals surface area (Å²) in [5.41, 5.74) is 4.40. The highest BCUT2D eigenvalue weighted by Gasteiger charge is 2.48. The molecule has 0 aliphatic carbocycles. The van der Waals surface area contributed by atoms with Gasteiger partial charge in [0.2, 0.25) is 0 Å². The molecule has 1 saturated heterocycles. The highest BCUT2D eigenvalue weighted by molar-refractivity contribution is 5.95. The fourth-order valence-corrected chi connectivity index (χ4v) is 2.94. The Morgan fingerprint density at radius 3 is 2.64 bits per heavy atom. The maximum atomic E-state index is 12.3. The predicted molar refractivity (Wildman–Crippen MR) is 88.0 cm³/mol. The van der Waals surface area contributed by atoms with Crippen LogP contribution in [0.1, 0.15) is 39.0 Å². The smallest absolute Gasteiger partial charge is 0.325 e. The van der Waals surface area contributed by atoms with Crippen LogP contribution in [0.2, 0.25) is 0 Å². The summed E-state index contributed by atoms with van der Waals surface area (Å²) in [5.74, 6) is -0.297. The molecule has 1 unspecified atom stereocenters. The average Bonchev–Trinajstić information content (AvgIpc) is 2.86. The van der Waals surface area contributed by atoms with Crippen LogP contribution in [0.25, 0.3) is 0 Å². The zero-order chi connectivity index (χ0) is 18.6. The van der Waals surface area contributed by atoms with E-state index in [1.54, 1.807) is 0 Å². The van der Waals surface area contributed by atoms with E-state index in [-0.39, 0.29) is 12.2 Å². The van der Waals surface area contributed by atoms with Gasteiger partial charge in [-0.15, -0.1) is 0 Å². The van der Waals surface area contributed by atoms with Gasteiger partial charge in [0.15, 0.2) is 17.7 Å². The quantitative estimate of drug-likeness (QED) is 0.356. The van der Waals surface area contributed by atoms with Crippen molar-refractivity contribution in [1.29, 1.82) is 0 Å². The molecule has 0 bridgehead atoms. The summed E-state index contributed by atoms with van der Waals surface area (Å²) in [4.78, 5) is 25.6. The normalized spacial score (nSPS) is 35.1. The third kappa shape index (κ3) is 4.18. The molecule has 0 spiro atoms. The number of carbonyl (C=O) groups excluding carboxylic acids is 2. The number of urea groups is 1. The summed E-state index contributed by atoms with van der Waals surface area (Å²) in [5, 5.41) is 31.3. The second kappa shape index (κ2) is 8.24. The van der Waals surface area contributed by atoms with E-state index in [1.807, 2.05) is 0 Å². The first-order valence-corrected chi connectivity index (χ1v) is 8.58. The van der Waals surface area contributed by atoms with E-state index in [0.29, 0.717) is 6.42 Å². The first-order chi connectivity index (χ1) is 11.8. The lowest BCUT2D eigenvalue weighted by Crippen LogP contribution is -2.66. The minimum absolute atomic E-state index is 0.259. The van der Waals surface area contributed by atoms with Crippen molar-refractivity contribution in [2.24, 2.45) is 5.73 Å². The third-order valence-electron chi connectivity index (χ3n) is 4.56. The van der Waals surface area contributed by atoms with Gasteiger partial charge in [-0.1, -0.05) is 26.2 Å². The number of Topliss-reactive ketones (excluding diaryl/α,β-unsaturated/α-hetero) is 1. The van der Waals surface area contributed by atoms with E-state index in [1.165, 1.54) is 12.3 Å². The number of aliphatic hydroxyl groups is 3. The molecular weight excluding hydrogens is 330 g/mol. The molecular formula is C16H27N3O6. The standard InChI is InChI=1S/C16H27N3O6/c1-2-3-4-5-6-11(21)16(17)7-8-19(15(24)18-16)14-13(23)12(22)10(9-20)25-14/h7-8,10,12-14,20,22-23H,2-6,9,17H2,1H3,(H,18,24)/t10-,12-,13-,14-,16?/m1/s1. The van der Waals surface area contributed by atoms with Gasteiger partial charge in [0.25, 0.3) is 0 Å². The van der Waals surface area contributed by atoms with Crippen LogP contribution < -0.4 is 11.1 Å². The van der Waals surface area contributed by atoms with Crippen LogP contribution in [0.4, 0.5) is 4.79 Å². The Labute approximate surface area is 146 Å². The van der Waals surface area contributed by atoms with Crippen molar-refractivity contribution >= 4 is 11.8 Å². The van der Waals surface area contributed by atoms with E-state index in [0.717, 1.165) is 24.2 Å². The molecule has 2 amide bonds. The lowest BCUT2D eigenvalue weighted by Gasteiger charge is -2.36. The summed E-state index contributed by atoms with van der Waals surface area (Å²) >= 11 is 0. The van der Waals surface area contributed by atoms with Crippen LogP contribution in [0, 0.1) is 0 Å². The Morgan fingerprint density at radius 2 is 2.08 bits per heavy atom. The highest BCUT2D eigenvalue weighted by Crippen LogP contribution is 2.26. The molecule has 1 fully saturated rings. The minimum Gasteiger partial charge on any atom is -0.394 e. The predicted octanol–water partition coefficient (Wildman–Crippen LogP) is -0.841. The Balaban J connectivity index is 2.02. The lowest BCUT2D eigenvalue weighted by atomic mass is 9.98. The molecule has 0 saturated carbocycles. The average molecular weight is 357 g/mol. The Morgan fingerprint density at radius 1 is 1.36 bits per heavy atom. The molecule has 0 aromatic carbocycles. The summed E-state index contributed by atoms with van der Waals surface area (Å²) in [6.45, 7) is 1.58. The molecule has 25 heavy (non-hydrogen) atoms. The minimum atomic E-state index is -1.60. The van der Waals surface area contributed by atoms with Crippen LogP contribution in [-0.4, -0.2) is 68.8 Å². The second-order valence-electron chi connectivity index (χ2n) is 6.48. The Kier molecular flexibility index (Phi) is 6.53. The van der Waals surface area contributed by atoms with Crippen molar-refractivity contribution in [3.05, 3.63) is 12.3 Å². The largest absolute Gasteiger partial charge is 0.394 e. The summed E-state index contributed by atoms with van der Waals surface area (Å²) in [6.07, 6.45) is 1.70. The fourth-order valence-electron chi connectivity index (χ4n) is 2.94. The number of aliphatic hydroxyl groups excluding tert-OH is 3. The maximum absolute atomic E-state index is 12.3. The van der Waals surface area contributed by atoms with Crippen LogP contribution in [-0.2, 0) is 9.53 Å². The van der Waals surface area contributed by atoms with Gasteiger partial charge in [0, 0.05) is 12.6 Å². The molecule has 142 valence electrons. The van der Waals surface area contributed by atoms with E-state index in [2.05, 4.69) is 12.2 Å². The van der Waals surface area contributed by atoms with Gasteiger partial charge in [-0.25, -0.2) is 4.79 Å². The third-order valence-corrected chi connectivity index (χ3v) is 4.56. The first kappa shape index (κ1) is 19.8. The molecule has 0 aromatic heterocycles. The summed E-state index contributed by atoms with van der Waals surface area (Å²) < 4.78 is 5.30. The Bertz CT molecular complexity index is 528. The van der Waals surface area contributed by atoms with Gasteiger partial charge in [-0.3, -0.25) is 15.4 Å². The first-order valence-electron chi connectivity index (χ1n) is 8.58. The number of hydrogen-bond donors (Lipinski definition) is 5. The molecule has 5 atom stereocenters. The van der Waals surface area contributed by atoms with Gasteiger partial charge < -0.3 is 25.4 Å². The Hall–Kier alpha value is -1.52. The van der Waals surface area contributed by atoms with Crippen LogP contribution in [0.15, 0.2) is 12.3 Å². The van der Waals surface area contributed by atoms with Crippen molar-refractivity contribution in [3.63, 3.8) is 0 Å². The molecule has 2 rings (SSSR count). The zero-order valence-corrected chi connectivity index (χ0v) is 14.3. The molecule has 6 N–H and O–H groups in total. The zero-order valence-electron chi connectivity index (χ0n) is 14.3. The van der Waals surface area contributed by atoms with Crippen LogP contribution in [0.3, 0.4) is 0 Å². The number of nitrogens with zero attached hydrogens (tertiary/aromatic N) is 1. The summed E-state index contributed by atoms with van der Waals surface area (Å²) in [7, 11) is 0. The number of nitrogens with two attached hydrogens (primary N) is 1. The molecule has 2 heterocycles. The van der Waals surface area contributed by atoms with Crippen molar-refractivity contribution in [1.82, 2.24) is 10.2 Å². The SMILES string of the molecule is CCCCCCC(=O)C1(N)C=CN([C@@H]2O[C@H](CO)[C@@H](O)[C@H]2O)C(=O)N1. The molecule has 0 aromatic rings. The van der Waals surface area contributed by atoms with E-state index >= 15 is 0 Å². The number of carbonyl (C=O) groups is 2. The van der Waals surface area contributed by atoms with E-state index in [4.69, 9.17) is 15.6 Å². The number of nitrogens with one attached hydrogen (secondary N) is 1. The van der Waals surface area contributed by atoms with Crippen molar-refractivity contribution in [2.45, 2.75) is 69.2 Å². The van der Waals surface area contributed by atoms with Crippen LogP contribution in [0.5, 0.6) is 0 Å². The molecule has 2 aliphatic heterocycles. The van der Waals surface area contributed by atoms with Gasteiger partial charge in [-0.2, -0.15) is 0 Å². The number of hydrogen-bond acceptors (Lipinski definition) is 7. The van der Waals surface area contributed by atoms with E-state index in [9.17, 15) is 19.8 Å². The van der Waals surface area contributed by atoms with Gasteiger partial charge in [0.1, 0.15) is 18.3 Å². The van der Waals surface area contributed by atoms with Crippen molar-refractivity contribution in [3.8, 4) is 0 Å². The number of ether oxygens (including phenoxy) is 1. The van der Waals surface area contributed by atoms with Crippen molar-refractivity contribution < 1.29 is 29.6 Å². The fraction of sp³-hybridized carbons (Fsp3) is 0.750. The monoisotopic (exact) mass is 357 g/mol. The van der Waals surface area contributed by atoms with Crippen molar-refractivity contribution in [2.75, 3.05) is 6.61 Å².